The molecule has 1 N–H and O–H groups in total. The number of carbonyl (C=O) groups excluding carboxylic acids is 1. The van der Waals surface area contributed by atoms with Crippen molar-refractivity contribution >= 4 is 23.6 Å². The molecule has 0 aliphatic heterocycles. The summed E-state index contributed by atoms with van der Waals surface area (Å²) in [5.41, 5.74) is 0.659. The van der Waals surface area contributed by atoms with Crippen LogP contribution in [0.2, 0.25) is 0 Å². The average Bonchev–Trinajstić information content (AvgIpc) is 2.44. The molecule has 0 fully saturated rings. The summed E-state index contributed by atoms with van der Waals surface area (Å²) in [4.78, 5) is 23.9. The summed E-state index contributed by atoms with van der Waals surface area (Å²) in [7, 11) is 1.39. The number of amides is 1. The third kappa shape index (κ3) is 5.63. The smallest absolute Gasteiger partial charge is 0.313 e. The molecule has 1 aromatic rings. The van der Waals surface area contributed by atoms with Gasteiger partial charge in [0.05, 0.1) is 18.6 Å². The number of rotatable bonds is 8. The Kier molecular flexibility index (Phi) is 7.01. The molecule has 0 unspecified atom stereocenters. The SMILES string of the molecule is CCN(Cc1ccc(OC)c(F)c1)C(=O)CSCC(=O)O. The van der Waals surface area contributed by atoms with E-state index in [1.807, 2.05) is 6.92 Å². The Labute approximate surface area is 127 Å². The van der Waals surface area contributed by atoms with Gasteiger partial charge in [0, 0.05) is 13.1 Å². The van der Waals surface area contributed by atoms with Crippen LogP contribution in [0.3, 0.4) is 0 Å². The molecule has 0 radical (unpaired) electrons. The van der Waals surface area contributed by atoms with E-state index >= 15 is 0 Å². The molecule has 116 valence electrons. The van der Waals surface area contributed by atoms with Crippen molar-refractivity contribution in [2.24, 2.45) is 0 Å². The number of carboxylic acid groups (broad SMARTS) is 1. The Morgan fingerprint density at radius 3 is 2.62 bits per heavy atom. The molecule has 0 atom stereocenters. The maximum Gasteiger partial charge on any atom is 0.313 e. The van der Waals surface area contributed by atoms with Crippen molar-refractivity contribution in [3.63, 3.8) is 0 Å². The van der Waals surface area contributed by atoms with Crippen molar-refractivity contribution in [2.45, 2.75) is 13.5 Å². The zero-order valence-electron chi connectivity index (χ0n) is 12.0. The fourth-order valence-electron chi connectivity index (χ4n) is 1.72. The molecule has 0 heterocycles. The second kappa shape index (κ2) is 8.51. The number of hydrogen-bond donors (Lipinski definition) is 1. The summed E-state index contributed by atoms with van der Waals surface area (Å²) in [6.45, 7) is 2.57. The highest BCUT2D eigenvalue weighted by Gasteiger charge is 2.14. The van der Waals surface area contributed by atoms with Gasteiger partial charge in [0.25, 0.3) is 0 Å². The number of ether oxygens (including phenoxy) is 1. The van der Waals surface area contributed by atoms with Crippen LogP contribution in [0.1, 0.15) is 12.5 Å². The second-order valence-corrected chi connectivity index (χ2v) is 5.25. The van der Waals surface area contributed by atoms with Crippen molar-refractivity contribution < 1.29 is 23.8 Å². The highest BCUT2D eigenvalue weighted by atomic mass is 32.2. The van der Waals surface area contributed by atoms with Crippen LogP contribution in [-0.4, -0.2) is 47.0 Å². The zero-order valence-corrected chi connectivity index (χ0v) is 12.8. The fourth-order valence-corrected chi connectivity index (χ4v) is 2.36. The highest BCUT2D eigenvalue weighted by molar-refractivity contribution is 8.00. The van der Waals surface area contributed by atoms with Gasteiger partial charge in [0.1, 0.15) is 0 Å². The topological polar surface area (TPSA) is 66.8 Å². The predicted octanol–water partition coefficient (Wildman–Crippen LogP) is 2.00. The Bertz CT molecular complexity index is 510. The number of aliphatic carboxylic acids is 1. The predicted molar refractivity (Wildman–Crippen MR) is 79.0 cm³/mol. The van der Waals surface area contributed by atoms with E-state index in [0.717, 1.165) is 11.8 Å². The standard InChI is InChI=1S/C14H18FNO4S/c1-3-16(13(17)8-21-9-14(18)19)7-10-4-5-12(20-2)11(15)6-10/h4-6H,3,7-9H2,1-2H3,(H,18,19). The van der Waals surface area contributed by atoms with Gasteiger partial charge in [0.15, 0.2) is 11.6 Å². The van der Waals surface area contributed by atoms with Crippen LogP contribution in [0.15, 0.2) is 18.2 Å². The normalized spacial score (nSPS) is 10.2. The summed E-state index contributed by atoms with van der Waals surface area (Å²) in [6.07, 6.45) is 0. The van der Waals surface area contributed by atoms with Gasteiger partial charge < -0.3 is 14.7 Å². The lowest BCUT2D eigenvalue weighted by Gasteiger charge is -2.21. The van der Waals surface area contributed by atoms with E-state index in [2.05, 4.69) is 0 Å². The van der Waals surface area contributed by atoms with E-state index in [9.17, 15) is 14.0 Å². The summed E-state index contributed by atoms with van der Waals surface area (Å²) >= 11 is 1.05. The van der Waals surface area contributed by atoms with E-state index in [-0.39, 0.29) is 29.7 Å². The van der Waals surface area contributed by atoms with Gasteiger partial charge in [-0.2, -0.15) is 0 Å². The molecule has 1 amide bonds. The Balaban J connectivity index is 2.62. The minimum Gasteiger partial charge on any atom is -0.494 e. The first-order chi connectivity index (χ1) is 9.97. The number of carbonyl (C=O) groups is 2. The summed E-state index contributed by atoms with van der Waals surface area (Å²) in [5.74, 6) is -1.45. The number of benzene rings is 1. The van der Waals surface area contributed by atoms with Crippen molar-refractivity contribution in [3.8, 4) is 5.75 Å². The highest BCUT2D eigenvalue weighted by Crippen LogP contribution is 2.19. The molecule has 0 saturated heterocycles. The lowest BCUT2D eigenvalue weighted by molar-refractivity contribution is -0.133. The quantitative estimate of drug-likeness (QED) is 0.795. The maximum atomic E-state index is 13.6. The van der Waals surface area contributed by atoms with Gasteiger partial charge in [-0.25, -0.2) is 4.39 Å². The number of carboxylic acids is 1. The van der Waals surface area contributed by atoms with Gasteiger partial charge in [-0.1, -0.05) is 6.07 Å². The molecule has 5 nitrogen and oxygen atoms in total. The zero-order chi connectivity index (χ0) is 15.8. The first-order valence-electron chi connectivity index (χ1n) is 6.37. The molecule has 0 bridgehead atoms. The lowest BCUT2D eigenvalue weighted by atomic mass is 10.2. The van der Waals surface area contributed by atoms with Crippen molar-refractivity contribution in [1.82, 2.24) is 4.90 Å². The van der Waals surface area contributed by atoms with Gasteiger partial charge in [-0.15, -0.1) is 11.8 Å². The molecule has 1 rings (SSSR count). The third-order valence-electron chi connectivity index (χ3n) is 2.78. The first-order valence-corrected chi connectivity index (χ1v) is 7.53. The molecule has 0 spiro atoms. The van der Waals surface area contributed by atoms with Crippen LogP contribution >= 0.6 is 11.8 Å². The van der Waals surface area contributed by atoms with Gasteiger partial charge in [-0.3, -0.25) is 9.59 Å². The lowest BCUT2D eigenvalue weighted by Crippen LogP contribution is -2.32. The van der Waals surface area contributed by atoms with Gasteiger partial charge in [-0.05, 0) is 24.6 Å². The Morgan fingerprint density at radius 1 is 1.38 bits per heavy atom. The van der Waals surface area contributed by atoms with Gasteiger partial charge >= 0.3 is 5.97 Å². The van der Waals surface area contributed by atoms with E-state index in [1.165, 1.54) is 19.2 Å². The number of hydrogen-bond acceptors (Lipinski definition) is 4. The Morgan fingerprint density at radius 2 is 2.10 bits per heavy atom. The van der Waals surface area contributed by atoms with Crippen LogP contribution < -0.4 is 4.74 Å². The van der Waals surface area contributed by atoms with Crippen LogP contribution in [0.5, 0.6) is 5.75 Å². The Hall–Kier alpha value is -1.76. The minimum absolute atomic E-state index is 0.0960. The summed E-state index contributed by atoms with van der Waals surface area (Å²) < 4.78 is 18.4. The van der Waals surface area contributed by atoms with Crippen molar-refractivity contribution in [2.75, 3.05) is 25.2 Å². The van der Waals surface area contributed by atoms with Gasteiger partial charge in [0.2, 0.25) is 5.91 Å². The molecule has 0 aromatic heterocycles. The summed E-state index contributed by atoms with van der Waals surface area (Å²) in [6, 6.07) is 4.55. The molecular formula is C14H18FNO4S. The molecular weight excluding hydrogens is 297 g/mol. The third-order valence-corrected chi connectivity index (χ3v) is 3.68. The second-order valence-electron chi connectivity index (χ2n) is 4.26. The van der Waals surface area contributed by atoms with E-state index in [0.29, 0.717) is 12.1 Å². The molecule has 1 aromatic carbocycles. The summed E-state index contributed by atoms with van der Waals surface area (Å²) in [5, 5.41) is 8.54. The largest absolute Gasteiger partial charge is 0.494 e. The number of nitrogens with zero attached hydrogens (tertiary/aromatic N) is 1. The average molecular weight is 315 g/mol. The molecule has 0 saturated carbocycles. The van der Waals surface area contributed by atoms with E-state index < -0.39 is 11.8 Å². The van der Waals surface area contributed by atoms with Crippen molar-refractivity contribution in [1.29, 1.82) is 0 Å². The number of thioether (sulfide) groups is 1. The monoisotopic (exact) mass is 315 g/mol. The molecule has 21 heavy (non-hydrogen) atoms. The first kappa shape index (κ1) is 17.3. The molecule has 0 aliphatic carbocycles. The minimum atomic E-state index is -0.951. The number of methoxy groups -OCH3 is 1. The fraction of sp³-hybridized carbons (Fsp3) is 0.429. The van der Waals surface area contributed by atoms with Crippen LogP contribution in [0.4, 0.5) is 4.39 Å². The maximum absolute atomic E-state index is 13.6. The van der Waals surface area contributed by atoms with Crippen LogP contribution in [0.25, 0.3) is 0 Å². The molecule has 0 aliphatic rings. The van der Waals surface area contributed by atoms with Crippen molar-refractivity contribution in [3.05, 3.63) is 29.6 Å². The number of halogens is 1. The van der Waals surface area contributed by atoms with Crippen LogP contribution in [-0.2, 0) is 16.1 Å². The van der Waals surface area contributed by atoms with E-state index in [1.54, 1.807) is 11.0 Å². The van der Waals surface area contributed by atoms with Crippen LogP contribution in [0, 0.1) is 5.82 Å². The van der Waals surface area contributed by atoms with E-state index in [4.69, 9.17) is 9.84 Å². The molecule has 7 heteroatoms.